The lowest BCUT2D eigenvalue weighted by molar-refractivity contribution is -0.133. The fourth-order valence-corrected chi connectivity index (χ4v) is 4.18. The van der Waals surface area contributed by atoms with Gasteiger partial charge in [-0.2, -0.15) is 10.1 Å². The zero-order valence-corrected chi connectivity index (χ0v) is 16.8. The van der Waals surface area contributed by atoms with Crippen molar-refractivity contribution in [1.82, 2.24) is 24.8 Å². The van der Waals surface area contributed by atoms with Gasteiger partial charge in [0.15, 0.2) is 5.82 Å². The van der Waals surface area contributed by atoms with Crippen LogP contribution in [-0.2, 0) is 21.5 Å². The van der Waals surface area contributed by atoms with E-state index >= 15 is 0 Å². The molecule has 1 atom stereocenters. The summed E-state index contributed by atoms with van der Waals surface area (Å²) in [7, 11) is 0. The molecule has 4 rings (SSSR count). The first-order valence-electron chi connectivity index (χ1n) is 10.2. The van der Waals surface area contributed by atoms with Gasteiger partial charge in [0.05, 0.1) is 6.20 Å². The first-order chi connectivity index (χ1) is 13.5. The van der Waals surface area contributed by atoms with Gasteiger partial charge in [-0.1, -0.05) is 12.1 Å². The molecule has 4 heterocycles. The standard InChI is InChI=1S/C20H29N5O3/c1-15-12-21-25(13-15)9-4-17(26)24-8-3-7-20(2,14-24)19-22-18(28-23-19)16-5-10-27-11-6-16/h12-13,16H,3-11,14H2,1-2H3. The van der Waals surface area contributed by atoms with Crippen LogP contribution < -0.4 is 0 Å². The predicted octanol–water partition coefficient (Wildman–Crippen LogP) is 2.44. The number of aryl methyl sites for hydroxylation is 2. The van der Waals surface area contributed by atoms with Crippen LogP contribution in [0.3, 0.4) is 0 Å². The Balaban J connectivity index is 1.39. The van der Waals surface area contributed by atoms with Gasteiger partial charge in [-0.15, -0.1) is 0 Å². The molecule has 0 radical (unpaired) electrons. The van der Waals surface area contributed by atoms with Gasteiger partial charge < -0.3 is 14.2 Å². The minimum Gasteiger partial charge on any atom is -0.381 e. The number of hydrogen-bond acceptors (Lipinski definition) is 6. The monoisotopic (exact) mass is 387 g/mol. The van der Waals surface area contributed by atoms with Crippen molar-refractivity contribution in [2.75, 3.05) is 26.3 Å². The van der Waals surface area contributed by atoms with Crippen LogP contribution in [0, 0.1) is 6.92 Å². The van der Waals surface area contributed by atoms with Gasteiger partial charge in [-0.05, 0) is 38.2 Å². The third kappa shape index (κ3) is 4.11. The fourth-order valence-electron chi connectivity index (χ4n) is 4.18. The van der Waals surface area contributed by atoms with Crippen molar-refractivity contribution in [3.05, 3.63) is 29.7 Å². The van der Waals surface area contributed by atoms with Crippen molar-refractivity contribution in [2.24, 2.45) is 0 Å². The van der Waals surface area contributed by atoms with Gasteiger partial charge in [0.2, 0.25) is 11.8 Å². The van der Waals surface area contributed by atoms with Crippen molar-refractivity contribution in [3.8, 4) is 0 Å². The summed E-state index contributed by atoms with van der Waals surface area (Å²) in [6.45, 7) is 7.67. The molecule has 0 spiro atoms. The first kappa shape index (κ1) is 19.1. The molecule has 28 heavy (non-hydrogen) atoms. The van der Waals surface area contributed by atoms with Crippen LogP contribution >= 0.6 is 0 Å². The molecular formula is C20H29N5O3. The summed E-state index contributed by atoms with van der Waals surface area (Å²) in [6.07, 6.45) is 7.99. The highest BCUT2D eigenvalue weighted by molar-refractivity contribution is 5.76. The number of likely N-dealkylation sites (tertiary alicyclic amines) is 1. The number of carbonyl (C=O) groups excluding carboxylic acids is 1. The topological polar surface area (TPSA) is 86.3 Å². The average molecular weight is 387 g/mol. The SMILES string of the molecule is Cc1cnn(CCC(=O)N2CCCC(C)(c3noc(C4CCOCC4)n3)C2)c1. The number of carbonyl (C=O) groups is 1. The third-order valence-corrected chi connectivity index (χ3v) is 5.92. The third-order valence-electron chi connectivity index (χ3n) is 5.92. The fraction of sp³-hybridized carbons (Fsp3) is 0.700. The van der Waals surface area contributed by atoms with Crippen LogP contribution in [-0.4, -0.2) is 57.0 Å². The second-order valence-corrected chi connectivity index (χ2v) is 8.35. The number of piperidine rings is 1. The molecule has 0 aliphatic carbocycles. The molecule has 8 nitrogen and oxygen atoms in total. The zero-order chi connectivity index (χ0) is 19.6. The van der Waals surface area contributed by atoms with E-state index in [1.807, 2.05) is 28.9 Å². The molecule has 2 aromatic rings. The molecule has 2 aromatic heterocycles. The van der Waals surface area contributed by atoms with Gasteiger partial charge in [0.1, 0.15) is 0 Å². The first-order valence-corrected chi connectivity index (χ1v) is 10.2. The van der Waals surface area contributed by atoms with Crippen LogP contribution in [0.4, 0.5) is 0 Å². The maximum Gasteiger partial charge on any atom is 0.229 e. The summed E-state index contributed by atoms with van der Waals surface area (Å²) in [5.41, 5.74) is 0.846. The number of hydrogen-bond donors (Lipinski definition) is 0. The van der Waals surface area contributed by atoms with E-state index in [9.17, 15) is 4.79 Å². The van der Waals surface area contributed by atoms with E-state index in [2.05, 4.69) is 17.2 Å². The lowest BCUT2D eigenvalue weighted by Crippen LogP contribution is -2.47. The molecule has 2 fully saturated rings. The Morgan fingerprint density at radius 2 is 2.18 bits per heavy atom. The second-order valence-electron chi connectivity index (χ2n) is 8.35. The molecule has 0 N–H and O–H groups in total. The molecule has 8 heteroatoms. The summed E-state index contributed by atoms with van der Waals surface area (Å²) in [5.74, 6) is 1.90. The Bertz CT molecular complexity index is 810. The van der Waals surface area contributed by atoms with Crippen LogP contribution in [0.15, 0.2) is 16.9 Å². The van der Waals surface area contributed by atoms with Crippen LogP contribution in [0.25, 0.3) is 0 Å². The summed E-state index contributed by atoms with van der Waals surface area (Å²) in [5, 5.41) is 8.56. The van der Waals surface area contributed by atoms with Crippen LogP contribution in [0.5, 0.6) is 0 Å². The highest BCUT2D eigenvalue weighted by Crippen LogP contribution is 2.34. The number of aromatic nitrogens is 4. The van der Waals surface area contributed by atoms with E-state index in [1.165, 1.54) is 0 Å². The predicted molar refractivity (Wildman–Crippen MR) is 102 cm³/mol. The van der Waals surface area contributed by atoms with E-state index < -0.39 is 0 Å². The average Bonchev–Trinajstić information content (AvgIpc) is 3.36. The molecular weight excluding hydrogens is 358 g/mol. The van der Waals surface area contributed by atoms with Gasteiger partial charge in [-0.25, -0.2) is 0 Å². The van der Waals surface area contributed by atoms with Gasteiger partial charge >= 0.3 is 0 Å². The van der Waals surface area contributed by atoms with Crippen molar-refractivity contribution in [1.29, 1.82) is 0 Å². The largest absolute Gasteiger partial charge is 0.381 e. The number of rotatable bonds is 5. The highest BCUT2D eigenvalue weighted by atomic mass is 16.5. The minimum atomic E-state index is -0.261. The quantitative estimate of drug-likeness (QED) is 0.783. The Kier molecular flexibility index (Phi) is 5.48. The van der Waals surface area contributed by atoms with Gasteiger partial charge in [0.25, 0.3) is 0 Å². The Morgan fingerprint density at radius 3 is 2.93 bits per heavy atom. The molecule has 0 aromatic carbocycles. The molecule has 1 unspecified atom stereocenters. The van der Waals surface area contributed by atoms with Crippen molar-refractivity contribution in [2.45, 2.75) is 63.8 Å². The van der Waals surface area contributed by atoms with Crippen molar-refractivity contribution < 1.29 is 14.1 Å². The van der Waals surface area contributed by atoms with E-state index in [0.717, 1.165) is 62.7 Å². The maximum atomic E-state index is 12.8. The lowest BCUT2D eigenvalue weighted by atomic mass is 9.81. The normalized spacial score (nSPS) is 23.9. The summed E-state index contributed by atoms with van der Waals surface area (Å²) in [4.78, 5) is 19.4. The maximum absolute atomic E-state index is 12.8. The lowest BCUT2D eigenvalue weighted by Gasteiger charge is -2.38. The minimum absolute atomic E-state index is 0.159. The Labute approximate surface area is 165 Å². The summed E-state index contributed by atoms with van der Waals surface area (Å²) < 4.78 is 12.8. The van der Waals surface area contributed by atoms with E-state index in [-0.39, 0.29) is 17.2 Å². The molecule has 0 bridgehead atoms. The van der Waals surface area contributed by atoms with Crippen molar-refractivity contribution >= 4 is 5.91 Å². The molecule has 1 amide bonds. The second kappa shape index (κ2) is 8.03. The smallest absolute Gasteiger partial charge is 0.229 e. The van der Waals surface area contributed by atoms with Crippen molar-refractivity contribution in [3.63, 3.8) is 0 Å². The number of amides is 1. The summed E-state index contributed by atoms with van der Waals surface area (Å²) >= 11 is 0. The molecule has 2 aliphatic rings. The zero-order valence-electron chi connectivity index (χ0n) is 16.8. The highest BCUT2D eigenvalue weighted by Gasteiger charge is 2.39. The van der Waals surface area contributed by atoms with Crippen LogP contribution in [0.2, 0.25) is 0 Å². The molecule has 152 valence electrons. The molecule has 2 aliphatic heterocycles. The number of nitrogens with zero attached hydrogens (tertiary/aromatic N) is 5. The van der Waals surface area contributed by atoms with E-state index in [0.29, 0.717) is 19.5 Å². The van der Waals surface area contributed by atoms with Gasteiger partial charge in [-0.3, -0.25) is 9.48 Å². The van der Waals surface area contributed by atoms with Crippen LogP contribution in [0.1, 0.15) is 62.2 Å². The molecule has 0 saturated carbocycles. The van der Waals surface area contributed by atoms with E-state index in [1.54, 1.807) is 0 Å². The van der Waals surface area contributed by atoms with Gasteiger partial charge in [0, 0.05) is 56.8 Å². The molecule has 2 saturated heterocycles. The number of ether oxygens (including phenoxy) is 1. The Hall–Kier alpha value is -2.22. The Morgan fingerprint density at radius 1 is 1.36 bits per heavy atom. The van der Waals surface area contributed by atoms with E-state index in [4.69, 9.17) is 14.2 Å². The summed E-state index contributed by atoms with van der Waals surface area (Å²) in [6, 6.07) is 0.